The lowest BCUT2D eigenvalue weighted by Crippen LogP contribution is -2.45. The average molecular weight is 367 g/mol. The first-order valence-corrected chi connectivity index (χ1v) is 9.36. The molecule has 8 heteroatoms. The quantitative estimate of drug-likeness (QED) is 0.803. The van der Waals surface area contributed by atoms with E-state index in [1.54, 1.807) is 13.0 Å². The number of aliphatic carboxylic acids is 1. The molecular formula is C17H18FNO5S. The first kappa shape index (κ1) is 18.9. The predicted octanol–water partition coefficient (Wildman–Crippen LogP) is 1.97. The van der Waals surface area contributed by atoms with Gasteiger partial charge < -0.3 is 9.94 Å². The van der Waals surface area contributed by atoms with E-state index < -0.39 is 32.5 Å². The number of rotatable bonds is 5. The molecule has 2 rings (SSSR count). The third kappa shape index (κ3) is 3.82. The van der Waals surface area contributed by atoms with Crippen molar-refractivity contribution in [3.8, 4) is 11.8 Å². The number of benzene rings is 1. The van der Waals surface area contributed by atoms with Gasteiger partial charge in [0, 0.05) is 30.2 Å². The van der Waals surface area contributed by atoms with Crippen LogP contribution >= 0.6 is 0 Å². The zero-order valence-corrected chi connectivity index (χ0v) is 14.9. The van der Waals surface area contributed by atoms with Crippen LogP contribution in [0.2, 0.25) is 0 Å². The van der Waals surface area contributed by atoms with Crippen molar-refractivity contribution in [1.82, 2.24) is 0 Å². The van der Waals surface area contributed by atoms with Crippen LogP contribution in [0.4, 0.5) is 4.39 Å². The molecule has 2 unspecified atom stereocenters. The van der Waals surface area contributed by atoms with E-state index in [9.17, 15) is 22.7 Å². The molecule has 0 spiro atoms. The lowest BCUT2D eigenvalue weighted by Gasteiger charge is -2.24. The molecule has 0 aromatic heterocycles. The molecule has 0 fully saturated rings. The number of nitrogens with zero attached hydrogens (tertiary/aromatic N) is 1. The number of carboxylic acid groups (broad SMARTS) is 1. The Hall–Kier alpha value is -2.40. The Balaban J connectivity index is 2.18. The number of hydrogen-bond donors (Lipinski definition) is 1. The second kappa shape index (κ2) is 6.84. The number of hydrogen-bond acceptors (Lipinski definition) is 5. The number of carbonyl (C=O) groups is 1. The van der Waals surface area contributed by atoms with Gasteiger partial charge in [0.2, 0.25) is 0 Å². The SMILES string of the molecule is CC#Cc1ccc(C2=NOC(CC(C)(C(=O)O)S(C)(=O)=O)C2)c(F)c1. The molecule has 1 aromatic rings. The summed E-state index contributed by atoms with van der Waals surface area (Å²) in [5.74, 6) is 3.44. The summed E-state index contributed by atoms with van der Waals surface area (Å²) >= 11 is 0. The van der Waals surface area contributed by atoms with Gasteiger partial charge in [0.25, 0.3) is 0 Å². The van der Waals surface area contributed by atoms with Gasteiger partial charge >= 0.3 is 5.97 Å². The first-order chi connectivity index (χ1) is 11.6. The summed E-state index contributed by atoms with van der Waals surface area (Å²) in [6.45, 7) is 2.78. The van der Waals surface area contributed by atoms with Crippen molar-refractivity contribution in [2.45, 2.75) is 37.5 Å². The number of carboxylic acids is 1. The van der Waals surface area contributed by atoms with Gasteiger partial charge in [0.1, 0.15) is 11.9 Å². The fourth-order valence-electron chi connectivity index (χ4n) is 2.50. The van der Waals surface area contributed by atoms with Crippen LogP contribution in [0.1, 0.15) is 37.8 Å². The Bertz CT molecular complexity index is 897. The van der Waals surface area contributed by atoms with Gasteiger partial charge in [-0.2, -0.15) is 0 Å². The molecule has 134 valence electrons. The third-order valence-electron chi connectivity index (χ3n) is 4.17. The largest absolute Gasteiger partial charge is 0.480 e. The second-order valence-corrected chi connectivity index (χ2v) is 8.50. The Morgan fingerprint density at radius 1 is 1.52 bits per heavy atom. The van der Waals surface area contributed by atoms with Crippen molar-refractivity contribution in [2.24, 2.45) is 5.16 Å². The van der Waals surface area contributed by atoms with Crippen molar-refractivity contribution in [3.05, 3.63) is 35.1 Å². The van der Waals surface area contributed by atoms with Gasteiger partial charge in [0.15, 0.2) is 14.6 Å². The van der Waals surface area contributed by atoms with E-state index in [2.05, 4.69) is 17.0 Å². The molecule has 1 aromatic carbocycles. The third-order valence-corrected chi connectivity index (χ3v) is 6.15. The van der Waals surface area contributed by atoms with Crippen LogP contribution in [0.15, 0.2) is 23.4 Å². The molecule has 0 bridgehead atoms. The molecule has 0 aliphatic carbocycles. The smallest absolute Gasteiger partial charge is 0.324 e. The summed E-state index contributed by atoms with van der Waals surface area (Å²) in [7, 11) is -3.87. The fraction of sp³-hybridized carbons (Fsp3) is 0.412. The van der Waals surface area contributed by atoms with E-state index >= 15 is 0 Å². The summed E-state index contributed by atoms with van der Waals surface area (Å²) in [6.07, 6.45) is -0.0609. The molecule has 1 N–H and O–H groups in total. The summed E-state index contributed by atoms with van der Waals surface area (Å²) in [5, 5.41) is 13.1. The fourth-order valence-corrected chi connectivity index (χ4v) is 3.31. The van der Waals surface area contributed by atoms with Gasteiger partial charge in [-0.1, -0.05) is 11.1 Å². The van der Waals surface area contributed by atoms with Crippen LogP contribution in [-0.2, 0) is 19.5 Å². The van der Waals surface area contributed by atoms with Crippen LogP contribution in [0.3, 0.4) is 0 Å². The molecule has 25 heavy (non-hydrogen) atoms. The van der Waals surface area contributed by atoms with Crippen molar-refractivity contribution in [3.63, 3.8) is 0 Å². The highest BCUT2D eigenvalue weighted by molar-refractivity contribution is 7.92. The average Bonchev–Trinajstić information content (AvgIpc) is 2.94. The lowest BCUT2D eigenvalue weighted by atomic mass is 9.96. The zero-order valence-electron chi connectivity index (χ0n) is 14.0. The Kier molecular flexibility index (Phi) is 5.18. The van der Waals surface area contributed by atoms with E-state index in [-0.39, 0.29) is 18.4 Å². The van der Waals surface area contributed by atoms with Gasteiger partial charge in [-0.05, 0) is 32.0 Å². The minimum Gasteiger partial charge on any atom is -0.480 e. The van der Waals surface area contributed by atoms with Crippen molar-refractivity contribution >= 4 is 21.5 Å². The monoisotopic (exact) mass is 367 g/mol. The van der Waals surface area contributed by atoms with Crippen LogP contribution in [0.25, 0.3) is 0 Å². The highest BCUT2D eigenvalue weighted by Crippen LogP contribution is 2.30. The maximum atomic E-state index is 14.2. The second-order valence-electron chi connectivity index (χ2n) is 6.05. The Labute approximate surface area is 145 Å². The van der Waals surface area contributed by atoms with E-state index in [0.29, 0.717) is 11.3 Å². The Morgan fingerprint density at radius 2 is 2.20 bits per heavy atom. The molecule has 1 aliphatic rings. The van der Waals surface area contributed by atoms with Crippen molar-refractivity contribution in [1.29, 1.82) is 0 Å². The molecule has 1 aliphatic heterocycles. The summed E-state index contributed by atoms with van der Waals surface area (Å²) in [4.78, 5) is 16.6. The van der Waals surface area contributed by atoms with E-state index in [1.807, 2.05) is 0 Å². The maximum absolute atomic E-state index is 14.2. The lowest BCUT2D eigenvalue weighted by molar-refractivity contribution is -0.140. The summed E-state index contributed by atoms with van der Waals surface area (Å²) < 4.78 is 35.9. The van der Waals surface area contributed by atoms with Crippen molar-refractivity contribution < 1.29 is 27.5 Å². The van der Waals surface area contributed by atoms with E-state index in [1.165, 1.54) is 12.1 Å². The van der Waals surface area contributed by atoms with E-state index in [4.69, 9.17) is 4.84 Å². The van der Waals surface area contributed by atoms with Crippen LogP contribution in [0.5, 0.6) is 0 Å². The molecule has 0 amide bonds. The highest BCUT2D eigenvalue weighted by Gasteiger charge is 2.47. The highest BCUT2D eigenvalue weighted by atomic mass is 32.2. The molecule has 2 atom stereocenters. The minimum atomic E-state index is -3.87. The van der Waals surface area contributed by atoms with Crippen LogP contribution in [0, 0.1) is 17.7 Å². The molecule has 1 heterocycles. The molecule has 0 radical (unpaired) electrons. The Morgan fingerprint density at radius 3 is 2.72 bits per heavy atom. The molecular weight excluding hydrogens is 349 g/mol. The predicted molar refractivity (Wildman–Crippen MR) is 90.5 cm³/mol. The molecule has 0 saturated heterocycles. The topological polar surface area (TPSA) is 93.0 Å². The van der Waals surface area contributed by atoms with Gasteiger partial charge in [0.05, 0.1) is 5.71 Å². The minimum absolute atomic E-state index is 0.119. The first-order valence-electron chi connectivity index (χ1n) is 7.47. The normalized spacial score (nSPS) is 19.2. The number of sulfone groups is 1. The van der Waals surface area contributed by atoms with Gasteiger partial charge in [-0.25, -0.2) is 12.8 Å². The number of oxime groups is 1. The zero-order chi connectivity index (χ0) is 18.8. The standard InChI is InChI=1S/C17H18FNO5S/c1-4-5-11-6-7-13(14(18)8-11)15-9-12(24-19-15)10-17(2,16(20)21)25(3,22)23/h6-8,12H,9-10H2,1-3H3,(H,20,21). The van der Waals surface area contributed by atoms with Gasteiger partial charge in [-0.15, -0.1) is 5.92 Å². The molecule has 6 nitrogen and oxygen atoms in total. The molecule has 0 saturated carbocycles. The van der Waals surface area contributed by atoms with Crippen molar-refractivity contribution in [2.75, 3.05) is 6.26 Å². The van der Waals surface area contributed by atoms with Crippen LogP contribution < -0.4 is 0 Å². The summed E-state index contributed by atoms with van der Waals surface area (Å²) in [5.41, 5.74) is 1.05. The number of halogens is 1. The van der Waals surface area contributed by atoms with E-state index in [0.717, 1.165) is 13.2 Å². The maximum Gasteiger partial charge on any atom is 0.324 e. The summed E-state index contributed by atoms with van der Waals surface area (Å²) in [6, 6.07) is 4.44. The van der Waals surface area contributed by atoms with Gasteiger partial charge in [-0.3, -0.25) is 4.79 Å². The van der Waals surface area contributed by atoms with Crippen LogP contribution in [-0.4, -0.2) is 42.3 Å².